The van der Waals surface area contributed by atoms with Crippen LogP contribution in [0.1, 0.15) is 51.2 Å². The van der Waals surface area contributed by atoms with E-state index in [1.165, 1.54) is 5.56 Å². The summed E-state index contributed by atoms with van der Waals surface area (Å²) < 4.78 is 1.05. The van der Waals surface area contributed by atoms with Crippen LogP contribution in [0.3, 0.4) is 0 Å². The third-order valence-corrected chi connectivity index (χ3v) is 4.45. The first-order valence-corrected chi connectivity index (χ1v) is 6.71. The van der Waals surface area contributed by atoms with Crippen molar-refractivity contribution in [3.8, 4) is 0 Å². The second-order valence-corrected chi connectivity index (χ2v) is 6.37. The number of hydrogen-bond acceptors (Lipinski definition) is 1. The first kappa shape index (κ1) is 12.1. The summed E-state index contributed by atoms with van der Waals surface area (Å²) >= 11 is 3.50. The van der Waals surface area contributed by atoms with Crippen LogP contribution in [0.4, 0.5) is 0 Å². The highest BCUT2D eigenvalue weighted by atomic mass is 79.9. The highest BCUT2D eigenvalue weighted by Crippen LogP contribution is 2.46. The summed E-state index contributed by atoms with van der Waals surface area (Å²) in [6.07, 6.45) is 2.69. The third kappa shape index (κ3) is 1.82. The van der Waals surface area contributed by atoms with E-state index in [9.17, 15) is 5.11 Å². The van der Waals surface area contributed by atoms with Crippen molar-refractivity contribution in [2.45, 2.75) is 51.0 Å². The molecule has 0 saturated heterocycles. The number of rotatable bonds is 1. The van der Waals surface area contributed by atoms with Gasteiger partial charge in [-0.05, 0) is 47.9 Å². The Morgan fingerprint density at radius 2 is 1.94 bits per heavy atom. The fraction of sp³-hybridized carbons (Fsp3) is 0.571. The number of halogens is 1. The van der Waals surface area contributed by atoms with Crippen molar-refractivity contribution in [2.24, 2.45) is 0 Å². The Kier molecular flexibility index (Phi) is 2.92. The van der Waals surface area contributed by atoms with Gasteiger partial charge in [0.2, 0.25) is 0 Å². The molecule has 16 heavy (non-hydrogen) atoms. The van der Waals surface area contributed by atoms with Crippen molar-refractivity contribution < 1.29 is 5.11 Å². The molecule has 0 bridgehead atoms. The summed E-state index contributed by atoms with van der Waals surface area (Å²) in [7, 11) is 0. The predicted octanol–water partition coefficient (Wildman–Crippen LogP) is 4.12. The summed E-state index contributed by atoms with van der Waals surface area (Å²) in [4.78, 5) is 0. The molecule has 0 spiro atoms. The Balaban J connectivity index is 2.63. The number of aliphatic hydroxyl groups is 1. The van der Waals surface area contributed by atoms with Crippen LogP contribution >= 0.6 is 15.9 Å². The Labute approximate surface area is 106 Å². The van der Waals surface area contributed by atoms with Crippen LogP contribution in [-0.4, -0.2) is 5.11 Å². The lowest BCUT2D eigenvalue weighted by Gasteiger charge is -2.42. The van der Waals surface area contributed by atoms with Crippen LogP contribution in [0.2, 0.25) is 0 Å². The lowest BCUT2D eigenvalue weighted by Crippen LogP contribution is -2.37. The monoisotopic (exact) mass is 282 g/mol. The number of benzene rings is 1. The van der Waals surface area contributed by atoms with E-state index in [0.29, 0.717) is 0 Å². The zero-order chi connectivity index (χ0) is 12.0. The molecular formula is C14H19BrO. The lowest BCUT2D eigenvalue weighted by molar-refractivity contribution is 0.00492. The first-order valence-electron chi connectivity index (χ1n) is 5.92. The number of hydrogen-bond donors (Lipinski definition) is 1. The largest absolute Gasteiger partial charge is 0.385 e. The van der Waals surface area contributed by atoms with Gasteiger partial charge in [0.05, 0.1) is 5.60 Å². The van der Waals surface area contributed by atoms with Crippen molar-refractivity contribution >= 4 is 15.9 Å². The lowest BCUT2D eigenvalue weighted by atomic mass is 9.66. The fourth-order valence-electron chi connectivity index (χ4n) is 2.65. The van der Waals surface area contributed by atoms with E-state index in [-0.39, 0.29) is 5.41 Å². The Morgan fingerprint density at radius 3 is 2.56 bits per heavy atom. The molecular weight excluding hydrogens is 264 g/mol. The maximum absolute atomic E-state index is 10.7. The molecule has 0 amide bonds. The van der Waals surface area contributed by atoms with Gasteiger partial charge in [-0.1, -0.05) is 42.8 Å². The molecule has 1 aliphatic rings. The molecule has 2 heteroatoms. The number of fused-ring (bicyclic) bond motifs is 1. The SMILES string of the molecule is CCC1(O)CCC(C)(C)c2ccc(Br)cc21. The van der Waals surface area contributed by atoms with Gasteiger partial charge in [-0.15, -0.1) is 0 Å². The van der Waals surface area contributed by atoms with Gasteiger partial charge in [0.15, 0.2) is 0 Å². The maximum Gasteiger partial charge on any atom is 0.0897 e. The Bertz CT molecular complexity index is 411. The van der Waals surface area contributed by atoms with Crippen molar-refractivity contribution in [2.75, 3.05) is 0 Å². The van der Waals surface area contributed by atoms with E-state index in [1.54, 1.807) is 0 Å². The van der Waals surface area contributed by atoms with Crippen LogP contribution in [-0.2, 0) is 11.0 Å². The molecule has 0 saturated carbocycles. The molecule has 0 aromatic heterocycles. The first-order chi connectivity index (χ1) is 7.39. The van der Waals surface area contributed by atoms with Crippen molar-refractivity contribution in [1.82, 2.24) is 0 Å². The van der Waals surface area contributed by atoms with E-state index in [2.05, 4.69) is 54.9 Å². The average molecular weight is 283 g/mol. The van der Waals surface area contributed by atoms with Crippen molar-refractivity contribution in [3.63, 3.8) is 0 Å². The molecule has 1 aromatic carbocycles. The van der Waals surface area contributed by atoms with E-state index in [1.807, 2.05) is 0 Å². The smallest absolute Gasteiger partial charge is 0.0897 e. The summed E-state index contributed by atoms with van der Waals surface area (Å²) in [5, 5.41) is 10.7. The quantitative estimate of drug-likeness (QED) is 0.822. The van der Waals surface area contributed by atoms with Gasteiger partial charge in [-0.3, -0.25) is 0 Å². The van der Waals surface area contributed by atoms with E-state index >= 15 is 0 Å². The Hall–Kier alpha value is -0.340. The fourth-order valence-corrected chi connectivity index (χ4v) is 3.01. The molecule has 88 valence electrons. The van der Waals surface area contributed by atoms with E-state index in [0.717, 1.165) is 29.3 Å². The topological polar surface area (TPSA) is 20.2 Å². The van der Waals surface area contributed by atoms with Gasteiger partial charge in [0.1, 0.15) is 0 Å². The van der Waals surface area contributed by atoms with Crippen LogP contribution in [0, 0.1) is 0 Å². The van der Waals surface area contributed by atoms with Crippen LogP contribution < -0.4 is 0 Å². The minimum Gasteiger partial charge on any atom is -0.385 e. The molecule has 1 aliphatic carbocycles. The van der Waals surface area contributed by atoms with Gasteiger partial charge < -0.3 is 5.11 Å². The summed E-state index contributed by atoms with van der Waals surface area (Å²) in [5.74, 6) is 0. The predicted molar refractivity (Wildman–Crippen MR) is 70.6 cm³/mol. The minimum atomic E-state index is -0.630. The molecule has 1 N–H and O–H groups in total. The van der Waals surface area contributed by atoms with Crippen LogP contribution in [0.25, 0.3) is 0 Å². The molecule has 1 nitrogen and oxygen atoms in total. The summed E-state index contributed by atoms with van der Waals surface area (Å²) in [5.41, 5.74) is 1.96. The van der Waals surface area contributed by atoms with Crippen molar-refractivity contribution in [3.05, 3.63) is 33.8 Å². The summed E-state index contributed by atoms with van der Waals surface area (Å²) in [6, 6.07) is 6.31. The summed E-state index contributed by atoms with van der Waals surface area (Å²) in [6.45, 7) is 6.58. The molecule has 2 rings (SSSR count). The van der Waals surface area contributed by atoms with Gasteiger partial charge in [-0.2, -0.15) is 0 Å². The second-order valence-electron chi connectivity index (χ2n) is 5.46. The molecule has 1 atom stereocenters. The molecule has 0 fully saturated rings. The standard InChI is InChI=1S/C14H19BrO/c1-4-14(16)8-7-13(2,3)11-6-5-10(15)9-12(11)14/h5-6,9,16H,4,7-8H2,1-3H3. The molecule has 0 aliphatic heterocycles. The van der Waals surface area contributed by atoms with Crippen LogP contribution in [0.5, 0.6) is 0 Å². The van der Waals surface area contributed by atoms with E-state index in [4.69, 9.17) is 0 Å². The zero-order valence-corrected chi connectivity index (χ0v) is 11.8. The van der Waals surface area contributed by atoms with E-state index < -0.39 is 5.60 Å². The molecule has 1 unspecified atom stereocenters. The minimum absolute atomic E-state index is 0.178. The zero-order valence-electron chi connectivity index (χ0n) is 10.2. The molecule has 1 aromatic rings. The third-order valence-electron chi connectivity index (χ3n) is 3.96. The van der Waals surface area contributed by atoms with Crippen molar-refractivity contribution in [1.29, 1.82) is 0 Å². The highest BCUT2D eigenvalue weighted by molar-refractivity contribution is 9.10. The molecule has 0 heterocycles. The molecule has 0 radical (unpaired) electrons. The maximum atomic E-state index is 10.7. The van der Waals surface area contributed by atoms with Gasteiger partial charge >= 0.3 is 0 Å². The van der Waals surface area contributed by atoms with Gasteiger partial charge in [0, 0.05) is 4.47 Å². The van der Waals surface area contributed by atoms with Gasteiger partial charge in [-0.25, -0.2) is 0 Å². The van der Waals surface area contributed by atoms with Gasteiger partial charge in [0.25, 0.3) is 0 Å². The second kappa shape index (κ2) is 3.85. The average Bonchev–Trinajstić information content (AvgIpc) is 2.24. The van der Waals surface area contributed by atoms with Crippen LogP contribution in [0.15, 0.2) is 22.7 Å². The Morgan fingerprint density at radius 1 is 1.25 bits per heavy atom. The highest BCUT2D eigenvalue weighted by Gasteiger charge is 2.40. The normalized spacial score (nSPS) is 27.6.